The molecule has 4 nitrogen and oxygen atoms in total. The van der Waals surface area contributed by atoms with Crippen LogP contribution in [0.4, 0.5) is 0 Å². The second kappa shape index (κ2) is 6.22. The molecule has 1 aromatic carbocycles. The fraction of sp³-hybridized carbons (Fsp3) is 0.412. The third-order valence-electron chi connectivity index (χ3n) is 3.95. The van der Waals surface area contributed by atoms with Crippen LogP contribution < -0.4 is 5.32 Å². The number of fused-ring (bicyclic) bond motifs is 1. The summed E-state index contributed by atoms with van der Waals surface area (Å²) in [7, 11) is 0. The van der Waals surface area contributed by atoms with E-state index in [1.807, 2.05) is 23.1 Å². The minimum Gasteiger partial charge on any atom is -0.341 e. The Morgan fingerprint density at radius 1 is 1.29 bits per heavy atom. The van der Waals surface area contributed by atoms with Gasteiger partial charge >= 0.3 is 0 Å². The van der Waals surface area contributed by atoms with Crippen LogP contribution in [-0.2, 0) is 11.3 Å². The van der Waals surface area contributed by atoms with Gasteiger partial charge < -0.3 is 10.2 Å². The predicted octanol–water partition coefficient (Wildman–Crippen LogP) is 2.34. The van der Waals surface area contributed by atoms with Crippen molar-refractivity contribution in [2.45, 2.75) is 32.4 Å². The number of pyridine rings is 1. The number of nitrogens with zero attached hydrogens (tertiary/aromatic N) is 2. The third kappa shape index (κ3) is 3.39. The van der Waals surface area contributed by atoms with E-state index in [0.717, 1.165) is 42.7 Å². The highest BCUT2D eigenvalue weighted by Gasteiger charge is 2.21. The lowest BCUT2D eigenvalue weighted by molar-refractivity contribution is -0.127. The molecule has 2 heterocycles. The lowest BCUT2D eigenvalue weighted by Crippen LogP contribution is -2.39. The predicted molar refractivity (Wildman–Crippen MR) is 83.9 cm³/mol. The van der Waals surface area contributed by atoms with E-state index < -0.39 is 0 Å². The number of carbonyl (C=O) groups is 1. The topological polar surface area (TPSA) is 45.2 Å². The molecule has 1 aliphatic heterocycles. The molecule has 1 aliphatic rings. The van der Waals surface area contributed by atoms with Gasteiger partial charge in [0.05, 0.1) is 11.2 Å². The van der Waals surface area contributed by atoms with Crippen LogP contribution in [0.3, 0.4) is 0 Å². The van der Waals surface area contributed by atoms with Crippen molar-refractivity contribution in [3.05, 3.63) is 42.1 Å². The summed E-state index contributed by atoms with van der Waals surface area (Å²) in [6.45, 7) is 4.53. The number of aromatic nitrogens is 1. The van der Waals surface area contributed by atoms with Crippen LogP contribution in [0.1, 0.15) is 25.5 Å². The highest BCUT2D eigenvalue weighted by molar-refractivity contribution is 5.78. The van der Waals surface area contributed by atoms with Crippen LogP contribution in [0.15, 0.2) is 36.4 Å². The van der Waals surface area contributed by atoms with E-state index in [1.165, 1.54) is 0 Å². The highest BCUT2D eigenvalue weighted by atomic mass is 16.2. The van der Waals surface area contributed by atoms with Crippen LogP contribution >= 0.6 is 0 Å². The van der Waals surface area contributed by atoms with Crippen molar-refractivity contribution in [1.82, 2.24) is 15.2 Å². The van der Waals surface area contributed by atoms with Gasteiger partial charge in [-0.2, -0.15) is 0 Å². The molecule has 2 aromatic rings. The maximum atomic E-state index is 11.6. The summed E-state index contributed by atoms with van der Waals surface area (Å²) in [6.07, 6.45) is 1.71. The molecule has 1 unspecified atom stereocenters. The molecular formula is C17H21N3O. The van der Waals surface area contributed by atoms with Crippen molar-refractivity contribution in [3.8, 4) is 0 Å². The number of likely N-dealkylation sites (tertiary alicyclic amines) is 1. The van der Waals surface area contributed by atoms with E-state index in [0.29, 0.717) is 6.42 Å². The zero-order valence-corrected chi connectivity index (χ0v) is 12.4. The Balaban J connectivity index is 1.56. The molecule has 0 saturated carbocycles. The average Bonchev–Trinajstić information content (AvgIpc) is 2.90. The smallest absolute Gasteiger partial charge is 0.222 e. The quantitative estimate of drug-likeness (QED) is 0.916. The van der Waals surface area contributed by atoms with Crippen molar-refractivity contribution in [2.24, 2.45) is 0 Å². The van der Waals surface area contributed by atoms with Crippen LogP contribution in [-0.4, -0.2) is 34.9 Å². The third-order valence-corrected chi connectivity index (χ3v) is 3.95. The average molecular weight is 283 g/mol. The SMILES string of the molecule is CC(CN1CCCC1=O)NCc1ccc2ccccc2n1. The molecule has 4 heteroatoms. The van der Waals surface area contributed by atoms with Crippen LogP contribution in [0.25, 0.3) is 10.9 Å². The number of hydrogen-bond acceptors (Lipinski definition) is 3. The summed E-state index contributed by atoms with van der Waals surface area (Å²) < 4.78 is 0. The van der Waals surface area contributed by atoms with E-state index in [2.05, 4.69) is 35.4 Å². The van der Waals surface area contributed by atoms with Crippen molar-refractivity contribution in [1.29, 1.82) is 0 Å². The number of amides is 1. The van der Waals surface area contributed by atoms with Gasteiger partial charge in [0.15, 0.2) is 0 Å². The van der Waals surface area contributed by atoms with Crippen LogP contribution in [0.2, 0.25) is 0 Å². The molecule has 1 atom stereocenters. The number of rotatable bonds is 5. The Labute approximate surface area is 125 Å². The van der Waals surface area contributed by atoms with Gasteiger partial charge in [0, 0.05) is 37.5 Å². The number of nitrogens with one attached hydrogen (secondary N) is 1. The fourth-order valence-corrected chi connectivity index (χ4v) is 2.78. The van der Waals surface area contributed by atoms with Gasteiger partial charge in [-0.3, -0.25) is 9.78 Å². The summed E-state index contributed by atoms with van der Waals surface area (Å²) >= 11 is 0. The molecule has 1 saturated heterocycles. The van der Waals surface area contributed by atoms with Gasteiger partial charge in [0.2, 0.25) is 5.91 Å². The first-order valence-corrected chi connectivity index (χ1v) is 7.58. The van der Waals surface area contributed by atoms with Crippen LogP contribution in [0, 0.1) is 0 Å². The molecule has 110 valence electrons. The summed E-state index contributed by atoms with van der Waals surface area (Å²) in [6, 6.07) is 12.6. The Bertz CT molecular complexity index is 641. The maximum Gasteiger partial charge on any atom is 0.222 e. The van der Waals surface area contributed by atoms with Crippen molar-refractivity contribution >= 4 is 16.8 Å². The normalized spacial score (nSPS) is 16.6. The van der Waals surface area contributed by atoms with Gasteiger partial charge in [0.25, 0.3) is 0 Å². The first kappa shape index (κ1) is 14.0. The molecule has 1 N–H and O–H groups in total. The molecule has 0 spiro atoms. The molecular weight excluding hydrogens is 262 g/mol. The van der Waals surface area contributed by atoms with Crippen LogP contribution in [0.5, 0.6) is 0 Å². The van der Waals surface area contributed by atoms with Gasteiger partial charge in [0.1, 0.15) is 0 Å². The second-order valence-corrected chi connectivity index (χ2v) is 5.72. The Hall–Kier alpha value is -1.94. The van der Waals surface area contributed by atoms with E-state index in [1.54, 1.807) is 0 Å². The number of benzene rings is 1. The number of para-hydroxylation sites is 1. The molecule has 0 aliphatic carbocycles. The highest BCUT2D eigenvalue weighted by Crippen LogP contribution is 2.12. The monoisotopic (exact) mass is 283 g/mol. The molecule has 0 radical (unpaired) electrons. The Morgan fingerprint density at radius 3 is 2.95 bits per heavy atom. The largest absolute Gasteiger partial charge is 0.341 e. The van der Waals surface area contributed by atoms with E-state index in [4.69, 9.17) is 0 Å². The van der Waals surface area contributed by atoms with Gasteiger partial charge in [-0.1, -0.05) is 24.3 Å². The van der Waals surface area contributed by atoms with Gasteiger partial charge in [-0.25, -0.2) is 0 Å². The number of hydrogen-bond donors (Lipinski definition) is 1. The molecule has 21 heavy (non-hydrogen) atoms. The van der Waals surface area contributed by atoms with E-state index in [9.17, 15) is 4.79 Å². The minimum atomic E-state index is 0.278. The second-order valence-electron chi connectivity index (χ2n) is 5.72. The van der Waals surface area contributed by atoms with Crippen molar-refractivity contribution in [3.63, 3.8) is 0 Å². The first-order chi connectivity index (χ1) is 10.2. The van der Waals surface area contributed by atoms with E-state index in [-0.39, 0.29) is 11.9 Å². The molecule has 3 rings (SSSR count). The molecule has 0 bridgehead atoms. The van der Waals surface area contributed by atoms with Crippen molar-refractivity contribution < 1.29 is 4.79 Å². The van der Waals surface area contributed by atoms with Gasteiger partial charge in [-0.05, 0) is 25.5 Å². The zero-order chi connectivity index (χ0) is 14.7. The van der Waals surface area contributed by atoms with Crippen molar-refractivity contribution in [2.75, 3.05) is 13.1 Å². The van der Waals surface area contributed by atoms with E-state index >= 15 is 0 Å². The summed E-state index contributed by atoms with van der Waals surface area (Å²) in [5.74, 6) is 0.285. The molecule has 1 fully saturated rings. The fourth-order valence-electron chi connectivity index (χ4n) is 2.78. The zero-order valence-electron chi connectivity index (χ0n) is 12.4. The Kier molecular flexibility index (Phi) is 4.15. The maximum absolute atomic E-state index is 11.6. The standard InChI is InChI=1S/C17H21N3O/c1-13(12-20-10-4-7-17(20)21)18-11-15-9-8-14-5-2-3-6-16(14)19-15/h2-3,5-6,8-9,13,18H,4,7,10-12H2,1H3. The summed E-state index contributed by atoms with van der Waals surface area (Å²) in [5, 5.41) is 4.62. The minimum absolute atomic E-state index is 0.278. The molecule has 1 amide bonds. The number of carbonyl (C=O) groups excluding carboxylic acids is 1. The Morgan fingerprint density at radius 2 is 2.14 bits per heavy atom. The summed E-state index contributed by atoms with van der Waals surface area (Å²) in [5.41, 5.74) is 2.06. The first-order valence-electron chi connectivity index (χ1n) is 7.58. The summed E-state index contributed by atoms with van der Waals surface area (Å²) in [4.78, 5) is 18.2. The lowest BCUT2D eigenvalue weighted by atomic mass is 10.2. The lowest BCUT2D eigenvalue weighted by Gasteiger charge is -2.21. The molecule has 1 aromatic heterocycles. The van der Waals surface area contributed by atoms with Gasteiger partial charge in [-0.15, -0.1) is 0 Å².